The summed E-state index contributed by atoms with van der Waals surface area (Å²) in [5.41, 5.74) is 2.71. The molecule has 7 heteroatoms. The fourth-order valence-electron chi connectivity index (χ4n) is 3.42. The van der Waals surface area contributed by atoms with E-state index in [-0.39, 0.29) is 11.7 Å². The van der Waals surface area contributed by atoms with E-state index in [0.29, 0.717) is 29.5 Å². The van der Waals surface area contributed by atoms with Gasteiger partial charge in [-0.05, 0) is 36.1 Å². The minimum Gasteiger partial charge on any atom is -0.339 e. The number of likely N-dealkylation sites (tertiary alicyclic amines) is 1. The zero-order valence-electron chi connectivity index (χ0n) is 16.1. The van der Waals surface area contributed by atoms with E-state index in [1.807, 2.05) is 59.5 Å². The summed E-state index contributed by atoms with van der Waals surface area (Å²) in [5, 5.41) is 3.98. The van der Waals surface area contributed by atoms with Crippen LogP contribution in [0, 0.1) is 0 Å². The predicted octanol–water partition coefficient (Wildman–Crippen LogP) is 3.35. The summed E-state index contributed by atoms with van der Waals surface area (Å²) in [6, 6.07) is 17.3. The molecule has 29 heavy (non-hydrogen) atoms. The van der Waals surface area contributed by atoms with Crippen LogP contribution in [0.1, 0.15) is 46.0 Å². The number of rotatable bonds is 7. The van der Waals surface area contributed by atoms with Gasteiger partial charge < -0.3 is 9.42 Å². The van der Waals surface area contributed by atoms with Gasteiger partial charge in [0.2, 0.25) is 5.89 Å². The third-order valence-electron chi connectivity index (χ3n) is 4.92. The Balaban J connectivity index is 1.31. The van der Waals surface area contributed by atoms with Gasteiger partial charge in [-0.3, -0.25) is 9.00 Å². The lowest BCUT2D eigenvalue weighted by molar-refractivity contribution is 0.0793. The van der Waals surface area contributed by atoms with Crippen LogP contribution in [0.3, 0.4) is 0 Å². The highest BCUT2D eigenvalue weighted by molar-refractivity contribution is 7.83. The maximum Gasteiger partial charge on any atom is 0.253 e. The first-order chi connectivity index (χ1) is 14.2. The van der Waals surface area contributed by atoms with Gasteiger partial charge in [0.25, 0.3) is 5.91 Å². The molecule has 0 saturated carbocycles. The maximum absolute atomic E-state index is 12.5. The van der Waals surface area contributed by atoms with E-state index in [0.717, 1.165) is 37.1 Å². The molecule has 2 heterocycles. The molecular weight excluding hydrogens is 386 g/mol. The van der Waals surface area contributed by atoms with Crippen molar-refractivity contribution in [1.82, 2.24) is 15.0 Å². The van der Waals surface area contributed by atoms with Crippen LogP contribution in [0.5, 0.6) is 0 Å². The van der Waals surface area contributed by atoms with E-state index < -0.39 is 10.8 Å². The highest BCUT2D eigenvalue weighted by Gasteiger charge is 2.19. The van der Waals surface area contributed by atoms with Crippen molar-refractivity contribution in [3.05, 3.63) is 83.0 Å². The molecule has 2 aromatic carbocycles. The first-order valence-electron chi connectivity index (χ1n) is 9.76. The number of hydrogen-bond acceptors (Lipinski definition) is 5. The van der Waals surface area contributed by atoms with Crippen LogP contribution in [0.4, 0.5) is 0 Å². The Hall–Kier alpha value is -2.80. The molecule has 0 N–H and O–H groups in total. The second-order valence-corrected chi connectivity index (χ2v) is 8.65. The van der Waals surface area contributed by atoms with E-state index in [2.05, 4.69) is 10.1 Å². The molecule has 0 radical (unpaired) electrons. The molecule has 0 aliphatic carbocycles. The van der Waals surface area contributed by atoms with Crippen molar-refractivity contribution in [3.63, 3.8) is 0 Å². The monoisotopic (exact) mass is 409 g/mol. The molecule has 1 amide bonds. The number of nitrogens with zero attached hydrogens (tertiary/aromatic N) is 3. The van der Waals surface area contributed by atoms with Crippen molar-refractivity contribution in [2.75, 3.05) is 13.1 Å². The molecule has 0 spiro atoms. The van der Waals surface area contributed by atoms with Crippen LogP contribution in [0.2, 0.25) is 0 Å². The summed E-state index contributed by atoms with van der Waals surface area (Å²) < 4.78 is 17.7. The van der Waals surface area contributed by atoms with Crippen LogP contribution in [0.25, 0.3) is 0 Å². The Labute approximate surface area is 172 Å². The third-order valence-corrected chi connectivity index (χ3v) is 6.15. The fraction of sp³-hybridized carbons (Fsp3) is 0.318. The molecule has 1 atom stereocenters. The van der Waals surface area contributed by atoms with E-state index in [9.17, 15) is 9.00 Å². The van der Waals surface area contributed by atoms with Gasteiger partial charge in [-0.1, -0.05) is 47.6 Å². The highest BCUT2D eigenvalue weighted by atomic mass is 32.2. The predicted molar refractivity (Wildman–Crippen MR) is 111 cm³/mol. The van der Waals surface area contributed by atoms with Gasteiger partial charge in [-0.25, -0.2) is 0 Å². The quantitative estimate of drug-likeness (QED) is 0.598. The van der Waals surface area contributed by atoms with E-state index in [4.69, 9.17) is 4.52 Å². The van der Waals surface area contributed by atoms with Gasteiger partial charge in [-0.15, -0.1) is 0 Å². The largest absolute Gasteiger partial charge is 0.339 e. The van der Waals surface area contributed by atoms with Gasteiger partial charge in [0.1, 0.15) is 5.75 Å². The van der Waals surface area contributed by atoms with Gasteiger partial charge >= 0.3 is 0 Å². The molecule has 1 aliphatic rings. The Kier molecular flexibility index (Phi) is 6.14. The Morgan fingerprint density at radius 2 is 1.69 bits per heavy atom. The lowest BCUT2D eigenvalue weighted by atomic mass is 10.1. The molecule has 150 valence electrons. The molecule has 4 rings (SSSR count). The van der Waals surface area contributed by atoms with Crippen LogP contribution in [0.15, 0.2) is 59.1 Å². The van der Waals surface area contributed by atoms with E-state index >= 15 is 0 Å². The number of amides is 1. The highest BCUT2D eigenvalue weighted by Crippen LogP contribution is 2.15. The van der Waals surface area contributed by atoms with Crippen molar-refractivity contribution in [3.8, 4) is 0 Å². The van der Waals surface area contributed by atoms with E-state index in [1.165, 1.54) is 0 Å². The Bertz CT molecular complexity index is 980. The molecular formula is C22H23N3O3S. The summed E-state index contributed by atoms with van der Waals surface area (Å²) in [6.45, 7) is 1.67. The molecule has 1 aromatic heterocycles. The third kappa shape index (κ3) is 5.17. The van der Waals surface area contributed by atoms with Crippen LogP contribution in [-0.2, 0) is 28.7 Å². The first kappa shape index (κ1) is 19.5. The molecule has 1 fully saturated rings. The standard InChI is InChI=1S/C22H23N3O3S/c26-22(25-12-4-5-13-25)19-10-8-18(9-11-19)15-29(27)16-21-23-20(24-28-21)14-17-6-2-1-3-7-17/h1-3,6-11H,4-5,12-16H2/t29-/m0/s1. The lowest BCUT2D eigenvalue weighted by Crippen LogP contribution is -2.27. The van der Waals surface area contributed by atoms with Gasteiger partial charge in [0, 0.05) is 41.6 Å². The molecule has 6 nitrogen and oxygen atoms in total. The first-order valence-corrected chi connectivity index (χ1v) is 11.2. The second-order valence-electron chi connectivity index (χ2n) is 7.19. The number of carbonyl (C=O) groups excluding carboxylic acids is 1. The smallest absolute Gasteiger partial charge is 0.253 e. The van der Waals surface area contributed by atoms with Gasteiger partial charge in [-0.2, -0.15) is 4.98 Å². The lowest BCUT2D eigenvalue weighted by Gasteiger charge is -2.15. The van der Waals surface area contributed by atoms with Crippen molar-refractivity contribution in [1.29, 1.82) is 0 Å². The van der Waals surface area contributed by atoms with E-state index in [1.54, 1.807) is 0 Å². The number of benzene rings is 2. The maximum atomic E-state index is 12.5. The minimum atomic E-state index is -1.17. The van der Waals surface area contributed by atoms with Gasteiger partial charge in [0.05, 0.1) is 0 Å². The van der Waals surface area contributed by atoms with Crippen molar-refractivity contribution in [2.24, 2.45) is 0 Å². The Morgan fingerprint density at radius 1 is 0.966 bits per heavy atom. The Morgan fingerprint density at radius 3 is 2.41 bits per heavy atom. The van der Waals surface area contributed by atoms with Crippen molar-refractivity contribution < 1.29 is 13.5 Å². The summed E-state index contributed by atoms with van der Waals surface area (Å²) >= 11 is 0. The second kappa shape index (κ2) is 9.13. The number of hydrogen-bond donors (Lipinski definition) is 0. The van der Waals surface area contributed by atoms with Crippen LogP contribution in [-0.4, -0.2) is 38.2 Å². The number of aromatic nitrogens is 2. The van der Waals surface area contributed by atoms with Gasteiger partial charge in [0.15, 0.2) is 5.82 Å². The molecule has 1 saturated heterocycles. The molecule has 1 aliphatic heterocycles. The average molecular weight is 410 g/mol. The topological polar surface area (TPSA) is 76.3 Å². The summed E-state index contributed by atoms with van der Waals surface area (Å²) in [4.78, 5) is 18.6. The van der Waals surface area contributed by atoms with Crippen molar-refractivity contribution >= 4 is 16.7 Å². The average Bonchev–Trinajstić information content (AvgIpc) is 3.41. The zero-order valence-corrected chi connectivity index (χ0v) is 16.9. The molecule has 3 aromatic rings. The summed E-state index contributed by atoms with van der Waals surface area (Å²) in [6.07, 6.45) is 2.74. The SMILES string of the molecule is O=C(c1ccc(C[S@](=O)Cc2nc(Cc3ccccc3)no2)cc1)N1CCCC1. The summed E-state index contributed by atoms with van der Waals surface area (Å²) in [5.74, 6) is 1.65. The minimum absolute atomic E-state index is 0.0759. The normalized spacial score (nSPS) is 14.8. The van der Waals surface area contributed by atoms with Crippen LogP contribution >= 0.6 is 0 Å². The van der Waals surface area contributed by atoms with Crippen molar-refractivity contribution in [2.45, 2.75) is 30.8 Å². The molecule has 0 unspecified atom stereocenters. The zero-order chi connectivity index (χ0) is 20.1. The summed E-state index contributed by atoms with van der Waals surface area (Å²) in [7, 11) is -1.17. The van der Waals surface area contributed by atoms with Crippen LogP contribution < -0.4 is 0 Å². The fourth-order valence-corrected chi connectivity index (χ4v) is 4.48. The number of carbonyl (C=O) groups is 1. The molecule has 0 bridgehead atoms.